The number of benzene rings is 1. The Hall–Kier alpha value is -1.10. The standard InChI is InChI=1S/C14H17F4N/c15-13-9-12(14(16,17)18)4-3-11(13)2-1-10-5-7-19-8-6-10/h3-4,9-10,19H,1-2,5-8H2. The molecule has 0 unspecified atom stereocenters. The van der Waals surface area contributed by atoms with Crippen LogP contribution in [0.3, 0.4) is 0 Å². The van der Waals surface area contributed by atoms with Crippen LogP contribution in [0.15, 0.2) is 18.2 Å². The van der Waals surface area contributed by atoms with E-state index in [-0.39, 0.29) is 0 Å². The van der Waals surface area contributed by atoms with Crippen molar-refractivity contribution in [2.24, 2.45) is 5.92 Å². The number of hydrogen-bond donors (Lipinski definition) is 1. The Kier molecular flexibility index (Phi) is 4.45. The van der Waals surface area contributed by atoms with E-state index in [1.54, 1.807) is 0 Å². The van der Waals surface area contributed by atoms with Gasteiger partial charge < -0.3 is 5.32 Å². The van der Waals surface area contributed by atoms with Crippen molar-refractivity contribution >= 4 is 0 Å². The molecule has 0 aliphatic carbocycles. The fourth-order valence-corrected chi connectivity index (χ4v) is 2.46. The van der Waals surface area contributed by atoms with Crippen molar-refractivity contribution in [3.63, 3.8) is 0 Å². The highest BCUT2D eigenvalue weighted by atomic mass is 19.4. The van der Waals surface area contributed by atoms with Gasteiger partial charge in [-0.2, -0.15) is 13.2 Å². The molecule has 0 radical (unpaired) electrons. The number of piperidine rings is 1. The molecule has 1 saturated heterocycles. The fraction of sp³-hybridized carbons (Fsp3) is 0.571. The van der Waals surface area contributed by atoms with Gasteiger partial charge in [0.05, 0.1) is 5.56 Å². The second-order valence-corrected chi connectivity index (χ2v) is 5.04. The normalized spacial score (nSPS) is 17.7. The third-order valence-electron chi connectivity index (χ3n) is 3.66. The first-order chi connectivity index (χ1) is 8.97. The maximum Gasteiger partial charge on any atom is 0.416 e. The lowest BCUT2D eigenvalue weighted by Gasteiger charge is -2.22. The zero-order chi connectivity index (χ0) is 13.9. The van der Waals surface area contributed by atoms with Crippen molar-refractivity contribution < 1.29 is 17.6 Å². The van der Waals surface area contributed by atoms with Crippen molar-refractivity contribution in [3.05, 3.63) is 35.1 Å². The molecule has 1 heterocycles. The number of hydrogen-bond acceptors (Lipinski definition) is 1. The van der Waals surface area contributed by atoms with E-state index in [1.165, 1.54) is 6.07 Å². The van der Waals surface area contributed by atoms with Crippen LogP contribution in [0.5, 0.6) is 0 Å². The minimum atomic E-state index is -4.48. The largest absolute Gasteiger partial charge is 0.416 e. The molecule has 0 saturated carbocycles. The molecular weight excluding hydrogens is 258 g/mol. The minimum Gasteiger partial charge on any atom is -0.317 e. The molecule has 1 aliphatic rings. The van der Waals surface area contributed by atoms with Crippen LogP contribution in [0, 0.1) is 11.7 Å². The molecule has 106 valence electrons. The van der Waals surface area contributed by atoms with Gasteiger partial charge in [0, 0.05) is 0 Å². The van der Waals surface area contributed by atoms with Gasteiger partial charge in [0.25, 0.3) is 0 Å². The van der Waals surface area contributed by atoms with E-state index >= 15 is 0 Å². The summed E-state index contributed by atoms with van der Waals surface area (Å²) in [7, 11) is 0. The minimum absolute atomic E-state index is 0.381. The molecule has 1 nitrogen and oxygen atoms in total. The van der Waals surface area contributed by atoms with E-state index < -0.39 is 17.6 Å². The average molecular weight is 275 g/mol. The number of nitrogens with one attached hydrogen (secondary N) is 1. The van der Waals surface area contributed by atoms with Crippen molar-refractivity contribution in [2.45, 2.75) is 31.9 Å². The molecule has 0 aromatic heterocycles. The molecule has 0 atom stereocenters. The molecule has 0 spiro atoms. The molecule has 1 aromatic carbocycles. The van der Waals surface area contributed by atoms with Crippen LogP contribution in [0.4, 0.5) is 17.6 Å². The van der Waals surface area contributed by atoms with E-state index in [0.29, 0.717) is 24.0 Å². The molecule has 1 aromatic rings. The second kappa shape index (κ2) is 5.90. The van der Waals surface area contributed by atoms with Gasteiger partial charge in [0.15, 0.2) is 0 Å². The van der Waals surface area contributed by atoms with Crippen molar-refractivity contribution in [3.8, 4) is 0 Å². The Morgan fingerprint density at radius 1 is 1.16 bits per heavy atom. The summed E-state index contributed by atoms with van der Waals surface area (Å²) in [4.78, 5) is 0. The molecule has 1 fully saturated rings. The smallest absolute Gasteiger partial charge is 0.317 e. The van der Waals surface area contributed by atoms with E-state index in [9.17, 15) is 17.6 Å². The van der Waals surface area contributed by atoms with E-state index in [0.717, 1.165) is 38.4 Å². The van der Waals surface area contributed by atoms with Gasteiger partial charge in [0.2, 0.25) is 0 Å². The van der Waals surface area contributed by atoms with Gasteiger partial charge in [-0.1, -0.05) is 6.07 Å². The van der Waals surface area contributed by atoms with Gasteiger partial charge in [-0.25, -0.2) is 4.39 Å². The highest BCUT2D eigenvalue weighted by Crippen LogP contribution is 2.30. The SMILES string of the molecule is Fc1cc(C(F)(F)F)ccc1CCC1CCNCC1. The maximum absolute atomic E-state index is 13.6. The highest BCUT2D eigenvalue weighted by molar-refractivity contribution is 5.26. The molecule has 0 amide bonds. The van der Waals surface area contributed by atoms with Gasteiger partial charge in [-0.15, -0.1) is 0 Å². The Balaban J connectivity index is 1.97. The topological polar surface area (TPSA) is 12.0 Å². The lowest BCUT2D eigenvalue weighted by Crippen LogP contribution is -2.27. The summed E-state index contributed by atoms with van der Waals surface area (Å²) in [6.45, 7) is 1.94. The first-order valence-corrected chi connectivity index (χ1v) is 6.53. The van der Waals surface area contributed by atoms with E-state index in [1.807, 2.05) is 0 Å². The van der Waals surface area contributed by atoms with Crippen LogP contribution in [-0.4, -0.2) is 13.1 Å². The second-order valence-electron chi connectivity index (χ2n) is 5.04. The van der Waals surface area contributed by atoms with Gasteiger partial charge in [0.1, 0.15) is 5.82 Å². The first-order valence-electron chi connectivity index (χ1n) is 6.53. The monoisotopic (exact) mass is 275 g/mol. The summed E-state index contributed by atoms with van der Waals surface area (Å²) < 4.78 is 50.8. The third-order valence-corrected chi connectivity index (χ3v) is 3.66. The molecule has 1 aliphatic heterocycles. The predicted octanol–water partition coefficient (Wildman–Crippen LogP) is 3.78. The summed E-state index contributed by atoms with van der Waals surface area (Å²) in [6, 6.07) is 2.82. The first kappa shape index (κ1) is 14.3. The van der Waals surface area contributed by atoms with Crippen LogP contribution in [0.2, 0.25) is 0 Å². The van der Waals surface area contributed by atoms with Crippen molar-refractivity contribution in [1.82, 2.24) is 5.32 Å². The van der Waals surface area contributed by atoms with Crippen molar-refractivity contribution in [2.75, 3.05) is 13.1 Å². The Labute approximate surface area is 110 Å². The third kappa shape index (κ3) is 3.93. The van der Waals surface area contributed by atoms with Gasteiger partial charge in [-0.3, -0.25) is 0 Å². The van der Waals surface area contributed by atoms with E-state index in [2.05, 4.69) is 5.32 Å². The van der Waals surface area contributed by atoms with Crippen molar-refractivity contribution in [1.29, 1.82) is 0 Å². The molecular formula is C14H17F4N. The summed E-state index contributed by atoms with van der Waals surface area (Å²) in [5, 5.41) is 3.25. The number of halogens is 4. The Morgan fingerprint density at radius 2 is 1.84 bits per heavy atom. The Morgan fingerprint density at radius 3 is 2.42 bits per heavy atom. The molecule has 2 rings (SSSR count). The van der Waals surface area contributed by atoms with E-state index in [4.69, 9.17) is 0 Å². The zero-order valence-corrected chi connectivity index (χ0v) is 10.6. The molecule has 1 N–H and O–H groups in total. The number of aryl methyl sites for hydroxylation is 1. The average Bonchev–Trinajstić information content (AvgIpc) is 2.37. The summed E-state index contributed by atoms with van der Waals surface area (Å²) in [5.41, 5.74) is -0.540. The summed E-state index contributed by atoms with van der Waals surface area (Å²) in [5.74, 6) is -0.202. The molecule has 5 heteroatoms. The van der Waals surface area contributed by atoms with Crippen LogP contribution in [-0.2, 0) is 12.6 Å². The quantitative estimate of drug-likeness (QED) is 0.828. The highest BCUT2D eigenvalue weighted by Gasteiger charge is 2.31. The Bertz CT molecular complexity index is 422. The molecule has 0 bridgehead atoms. The van der Waals surface area contributed by atoms with Crippen LogP contribution in [0.25, 0.3) is 0 Å². The number of alkyl halides is 3. The summed E-state index contributed by atoms with van der Waals surface area (Å²) >= 11 is 0. The fourth-order valence-electron chi connectivity index (χ4n) is 2.46. The zero-order valence-electron chi connectivity index (χ0n) is 10.6. The van der Waals surface area contributed by atoms with Gasteiger partial charge >= 0.3 is 6.18 Å². The predicted molar refractivity (Wildman–Crippen MR) is 65.3 cm³/mol. The molecule has 19 heavy (non-hydrogen) atoms. The lowest BCUT2D eigenvalue weighted by atomic mass is 9.91. The maximum atomic E-state index is 13.6. The lowest BCUT2D eigenvalue weighted by molar-refractivity contribution is -0.137. The summed E-state index contributed by atoms with van der Waals surface area (Å²) in [6.07, 6.45) is -1.02. The van der Waals surface area contributed by atoms with Gasteiger partial charge in [-0.05, 0) is 62.4 Å². The number of rotatable bonds is 3. The van der Waals surface area contributed by atoms with Crippen LogP contribution >= 0.6 is 0 Å². The van der Waals surface area contributed by atoms with Crippen LogP contribution < -0.4 is 5.32 Å². The van der Waals surface area contributed by atoms with Crippen LogP contribution in [0.1, 0.15) is 30.4 Å².